The second-order valence-electron chi connectivity index (χ2n) is 3.05. The summed E-state index contributed by atoms with van der Waals surface area (Å²) in [7, 11) is 1.27. The van der Waals surface area contributed by atoms with Crippen LogP contribution in [-0.4, -0.2) is 18.2 Å². The van der Waals surface area contributed by atoms with Crippen molar-refractivity contribution in [1.82, 2.24) is 0 Å². The second-order valence-corrected chi connectivity index (χ2v) is 3.05. The van der Waals surface area contributed by atoms with Crippen molar-refractivity contribution >= 4 is 5.97 Å². The zero-order valence-corrected chi connectivity index (χ0v) is 8.49. The highest BCUT2D eigenvalue weighted by molar-refractivity contribution is 5.92. The zero-order valence-electron chi connectivity index (χ0n) is 8.49. The van der Waals surface area contributed by atoms with Crippen LogP contribution in [0.1, 0.15) is 22.3 Å². The maximum absolute atomic E-state index is 11.2. The van der Waals surface area contributed by atoms with E-state index in [-0.39, 0.29) is 11.3 Å². The second kappa shape index (κ2) is 5.06. The molecule has 0 aliphatic carbocycles. The third kappa shape index (κ3) is 2.75. The van der Waals surface area contributed by atoms with Gasteiger partial charge in [-0.15, -0.1) is 12.3 Å². The number of terminal acetylenes is 1. The first-order chi connectivity index (χ1) is 7.19. The smallest absolute Gasteiger partial charge is 0.341 e. The number of phenols is 1. The van der Waals surface area contributed by atoms with Gasteiger partial charge in [-0.25, -0.2) is 4.79 Å². The molecule has 0 amide bonds. The Hall–Kier alpha value is -1.95. The first kappa shape index (κ1) is 11.1. The maximum atomic E-state index is 11.2. The van der Waals surface area contributed by atoms with Crippen molar-refractivity contribution in [2.45, 2.75) is 12.8 Å². The maximum Gasteiger partial charge on any atom is 0.341 e. The van der Waals surface area contributed by atoms with E-state index in [0.29, 0.717) is 12.8 Å². The minimum atomic E-state index is -0.546. The van der Waals surface area contributed by atoms with E-state index in [1.165, 1.54) is 13.2 Å². The first-order valence-corrected chi connectivity index (χ1v) is 4.52. The lowest BCUT2D eigenvalue weighted by atomic mass is 10.1. The van der Waals surface area contributed by atoms with Crippen molar-refractivity contribution < 1.29 is 14.6 Å². The van der Waals surface area contributed by atoms with Crippen molar-refractivity contribution in [2.75, 3.05) is 7.11 Å². The molecule has 0 aliphatic rings. The Balaban J connectivity index is 2.96. The van der Waals surface area contributed by atoms with E-state index in [9.17, 15) is 9.90 Å². The van der Waals surface area contributed by atoms with Crippen molar-refractivity contribution in [3.05, 3.63) is 29.3 Å². The number of carbonyl (C=O) groups is 1. The molecule has 0 fully saturated rings. The lowest BCUT2D eigenvalue weighted by molar-refractivity contribution is 0.0597. The topological polar surface area (TPSA) is 46.5 Å². The quantitative estimate of drug-likeness (QED) is 0.602. The number of hydrogen-bond acceptors (Lipinski definition) is 3. The molecular formula is C12H12O3. The van der Waals surface area contributed by atoms with Gasteiger partial charge in [-0.1, -0.05) is 6.07 Å². The van der Waals surface area contributed by atoms with Crippen LogP contribution in [0.5, 0.6) is 5.75 Å². The monoisotopic (exact) mass is 204 g/mol. The normalized spacial score (nSPS) is 9.33. The highest BCUT2D eigenvalue weighted by Crippen LogP contribution is 2.20. The minimum Gasteiger partial charge on any atom is -0.507 e. The van der Waals surface area contributed by atoms with Crippen LogP contribution in [0.15, 0.2) is 18.2 Å². The molecule has 78 valence electrons. The highest BCUT2D eigenvalue weighted by atomic mass is 16.5. The van der Waals surface area contributed by atoms with E-state index in [2.05, 4.69) is 10.7 Å². The van der Waals surface area contributed by atoms with Crippen molar-refractivity contribution in [2.24, 2.45) is 0 Å². The predicted octanol–water partition coefficient (Wildman–Crippen LogP) is 1.74. The van der Waals surface area contributed by atoms with Gasteiger partial charge < -0.3 is 9.84 Å². The average molecular weight is 204 g/mol. The zero-order chi connectivity index (χ0) is 11.3. The molecule has 1 aromatic carbocycles. The molecule has 0 aliphatic heterocycles. The fraction of sp³-hybridized carbons (Fsp3) is 0.250. The molecule has 0 bridgehead atoms. The fourth-order valence-electron chi connectivity index (χ4n) is 1.23. The minimum absolute atomic E-state index is 0.0775. The summed E-state index contributed by atoms with van der Waals surface area (Å²) in [5, 5.41) is 9.42. The van der Waals surface area contributed by atoms with Crippen LogP contribution >= 0.6 is 0 Å². The molecule has 15 heavy (non-hydrogen) atoms. The van der Waals surface area contributed by atoms with Gasteiger partial charge in [0, 0.05) is 6.42 Å². The van der Waals surface area contributed by atoms with E-state index in [1.54, 1.807) is 12.1 Å². The van der Waals surface area contributed by atoms with Gasteiger partial charge in [0.25, 0.3) is 0 Å². The van der Waals surface area contributed by atoms with Crippen LogP contribution in [0, 0.1) is 12.3 Å². The molecule has 0 radical (unpaired) electrons. The van der Waals surface area contributed by atoms with Gasteiger partial charge in [0.15, 0.2) is 0 Å². The standard InChI is InChI=1S/C12H12O3/c1-3-4-5-9-6-7-11(13)10(8-9)12(14)15-2/h1,6-8,13H,4-5H2,2H3. The first-order valence-electron chi connectivity index (χ1n) is 4.52. The number of ether oxygens (including phenoxy) is 1. The molecule has 0 saturated heterocycles. The summed E-state index contributed by atoms with van der Waals surface area (Å²) in [6.07, 6.45) is 6.42. The molecule has 0 saturated carbocycles. The van der Waals surface area contributed by atoms with Crippen LogP contribution in [0.3, 0.4) is 0 Å². The highest BCUT2D eigenvalue weighted by Gasteiger charge is 2.11. The third-order valence-electron chi connectivity index (χ3n) is 2.02. The summed E-state index contributed by atoms with van der Waals surface area (Å²) in [6, 6.07) is 4.80. The fourth-order valence-corrected chi connectivity index (χ4v) is 1.23. The Morgan fingerprint density at radius 3 is 2.93 bits per heavy atom. The van der Waals surface area contributed by atoms with E-state index in [4.69, 9.17) is 6.42 Å². The molecule has 0 heterocycles. The summed E-state index contributed by atoms with van der Waals surface area (Å²) in [4.78, 5) is 11.2. The van der Waals surface area contributed by atoms with Crippen molar-refractivity contribution in [3.63, 3.8) is 0 Å². The number of benzene rings is 1. The molecule has 1 aromatic rings. The number of aryl methyl sites for hydroxylation is 1. The van der Waals surface area contributed by atoms with E-state index in [1.807, 2.05) is 0 Å². The van der Waals surface area contributed by atoms with E-state index < -0.39 is 5.97 Å². The molecule has 1 rings (SSSR count). The van der Waals surface area contributed by atoms with Crippen molar-refractivity contribution in [3.8, 4) is 18.1 Å². The van der Waals surface area contributed by atoms with Crippen LogP contribution in [-0.2, 0) is 11.2 Å². The van der Waals surface area contributed by atoms with Gasteiger partial charge in [-0.05, 0) is 24.1 Å². The van der Waals surface area contributed by atoms with Gasteiger partial charge in [0.2, 0.25) is 0 Å². The summed E-state index contributed by atoms with van der Waals surface area (Å²) in [6.45, 7) is 0. The number of aromatic hydroxyl groups is 1. The van der Waals surface area contributed by atoms with Crippen LogP contribution in [0.2, 0.25) is 0 Å². The predicted molar refractivity (Wildman–Crippen MR) is 56.6 cm³/mol. The molecule has 3 nitrogen and oxygen atoms in total. The number of phenolic OH excluding ortho intramolecular Hbond substituents is 1. The molecule has 0 atom stereocenters. The summed E-state index contributed by atoms with van der Waals surface area (Å²) in [5.41, 5.74) is 1.08. The van der Waals surface area contributed by atoms with Crippen LogP contribution in [0.25, 0.3) is 0 Å². The summed E-state index contributed by atoms with van der Waals surface area (Å²) < 4.78 is 4.54. The summed E-state index contributed by atoms with van der Waals surface area (Å²) in [5.74, 6) is 1.89. The van der Waals surface area contributed by atoms with Gasteiger partial charge in [-0.2, -0.15) is 0 Å². The Morgan fingerprint density at radius 2 is 2.33 bits per heavy atom. The molecule has 0 aromatic heterocycles. The Kier molecular flexibility index (Phi) is 3.75. The van der Waals surface area contributed by atoms with E-state index >= 15 is 0 Å². The lowest BCUT2D eigenvalue weighted by Gasteiger charge is -2.04. The van der Waals surface area contributed by atoms with E-state index in [0.717, 1.165) is 5.56 Å². The van der Waals surface area contributed by atoms with Gasteiger partial charge in [0.1, 0.15) is 11.3 Å². The number of carbonyl (C=O) groups excluding carboxylic acids is 1. The molecule has 3 heteroatoms. The van der Waals surface area contributed by atoms with Gasteiger partial charge in [-0.3, -0.25) is 0 Å². The Labute approximate surface area is 88.7 Å². The SMILES string of the molecule is C#CCCc1ccc(O)c(C(=O)OC)c1. The number of esters is 1. The van der Waals surface area contributed by atoms with Gasteiger partial charge in [0.05, 0.1) is 7.11 Å². The number of hydrogen-bond donors (Lipinski definition) is 1. The Morgan fingerprint density at radius 1 is 1.60 bits per heavy atom. The van der Waals surface area contributed by atoms with Gasteiger partial charge >= 0.3 is 5.97 Å². The Bertz CT molecular complexity index is 402. The number of methoxy groups -OCH3 is 1. The lowest BCUT2D eigenvalue weighted by Crippen LogP contribution is -2.02. The largest absolute Gasteiger partial charge is 0.507 e. The molecule has 0 unspecified atom stereocenters. The van der Waals surface area contributed by atoms with Crippen LogP contribution in [0.4, 0.5) is 0 Å². The number of rotatable bonds is 3. The molecule has 1 N–H and O–H groups in total. The average Bonchev–Trinajstić information content (AvgIpc) is 2.27. The van der Waals surface area contributed by atoms with Crippen molar-refractivity contribution in [1.29, 1.82) is 0 Å². The molecule has 0 spiro atoms. The van der Waals surface area contributed by atoms with Crippen LogP contribution < -0.4 is 0 Å². The molecular weight excluding hydrogens is 192 g/mol. The third-order valence-corrected chi connectivity index (χ3v) is 2.02. The summed E-state index contributed by atoms with van der Waals surface area (Å²) >= 11 is 0.